The molecule has 10 aromatic carbocycles. The van der Waals surface area contributed by atoms with Crippen molar-refractivity contribution in [3.63, 3.8) is 0 Å². The maximum atomic E-state index is 6.25. The fourth-order valence-electron chi connectivity index (χ4n) is 9.11. The van der Waals surface area contributed by atoms with Crippen LogP contribution in [0.25, 0.3) is 99.2 Å². The van der Waals surface area contributed by atoms with E-state index in [0.717, 1.165) is 88.8 Å². The molecule has 0 aliphatic carbocycles. The molecular formula is C58H37NO2. The summed E-state index contributed by atoms with van der Waals surface area (Å²) >= 11 is 0. The van der Waals surface area contributed by atoms with E-state index >= 15 is 0 Å². The lowest BCUT2D eigenvalue weighted by molar-refractivity contribution is 0.668. The van der Waals surface area contributed by atoms with Gasteiger partial charge in [0.15, 0.2) is 0 Å². The van der Waals surface area contributed by atoms with E-state index in [1.807, 2.05) is 24.3 Å². The average molecular weight is 780 g/mol. The largest absolute Gasteiger partial charge is 0.456 e. The minimum atomic E-state index is 0.895. The third-order valence-electron chi connectivity index (χ3n) is 12.1. The zero-order chi connectivity index (χ0) is 40.3. The number of nitrogens with zero attached hydrogens (tertiary/aromatic N) is 1. The van der Waals surface area contributed by atoms with Gasteiger partial charge in [-0.2, -0.15) is 0 Å². The van der Waals surface area contributed by atoms with E-state index in [1.165, 1.54) is 27.5 Å². The van der Waals surface area contributed by atoms with Crippen LogP contribution >= 0.6 is 0 Å². The second-order valence-electron chi connectivity index (χ2n) is 15.7. The van der Waals surface area contributed by atoms with Crippen molar-refractivity contribution in [3.8, 4) is 44.5 Å². The Morgan fingerprint density at radius 3 is 1.48 bits per heavy atom. The molecule has 2 heterocycles. The number of para-hydroxylation sites is 2. The second kappa shape index (κ2) is 14.3. The molecule has 0 N–H and O–H groups in total. The molecule has 0 saturated heterocycles. The fraction of sp³-hybridized carbons (Fsp3) is 0. The third-order valence-corrected chi connectivity index (χ3v) is 12.1. The average Bonchev–Trinajstić information content (AvgIpc) is 3.90. The number of hydrogen-bond donors (Lipinski definition) is 0. The Morgan fingerprint density at radius 2 is 0.738 bits per heavy atom. The van der Waals surface area contributed by atoms with E-state index in [4.69, 9.17) is 8.83 Å². The molecular weight excluding hydrogens is 743 g/mol. The van der Waals surface area contributed by atoms with Crippen molar-refractivity contribution in [3.05, 3.63) is 224 Å². The molecule has 0 aliphatic rings. The lowest BCUT2D eigenvalue weighted by Gasteiger charge is -2.26. The molecule has 61 heavy (non-hydrogen) atoms. The van der Waals surface area contributed by atoms with Gasteiger partial charge in [-0.05, 0) is 128 Å². The smallest absolute Gasteiger partial charge is 0.136 e. The molecule has 2 aromatic heterocycles. The molecule has 0 radical (unpaired) electrons. The van der Waals surface area contributed by atoms with Gasteiger partial charge >= 0.3 is 0 Å². The van der Waals surface area contributed by atoms with Crippen LogP contribution in [0.5, 0.6) is 0 Å². The Morgan fingerprint density at radius 1 is 0.262 bits per heavy atom. The molecule has 0 bridgehead atoms. The van der Waals surface area contributed by atoms with Crippen LogP contribution < -0.4 is 4.90 Å². The van der Waals surface area contributed by atoms with Gasteiger partial charge in [-0.25, -0.2) is 0 Å². The van der Waals surface area contributed by atoms with Gasteiger partial charge < -0.3 is 13.7 Å². The molecule has 0 spiro atoms. The highest BCUT2D eigenvalue weighted by atomic mass is 16.3. The summed E-state index contributed by atoms with van der Waals surface area (Å²) in [6.45, 7) is 0. The fourth-order valence-corrected chi connectivity index (χ4v) is 9.11. The van der Waals surface area contributed by atoms with Crippen LogP contribution in [-0.4, -0.2) is 0 Å². The molecule has 0 aliphatic heterocycles. The lowest BCUT2D eigenvalue weighted by Crippen LogP contribution is -2.09. The van der Waals surface area contributed by atoms with Crippen LogP contribution in [0.4, 0.5) is 17.1 Å². The summed E-state index contributed by atoms with van der Waals surface area (Å²) in [4.78, 5) is 2.33. The molecule has 0 amide bonds. The normalized spacial score (nSPS) is 11.6. The summed E-state index contributed by atoms with van der Waals surface area (Å²) in [6.07, 6.45) is 0. The van der Waals surface area contributed by atoms with Gasteiger partial charge in [0.1, 0.15) is 22.3 Å². The summed E-state index contributed by atoms with van der Waals surface area (Å²) in [7, 11) is 0. The lowest BCUT2D eigenvalue weighted by atomic mass is 9.95. The molecule has 12 rings (SSSR count). The van der Waals surface area contributed by atoms with Gasteiger partial charge in [0, 0.05) is 38.6 Å². The van der Waals surface area contributed by atoms with Gasteiger partial charge in [0.2, 0.25) is 0 Å². The van der Waals surface area contributed by atoms with Crippen LogP contribution in [0.1, 0.15) is 0 Å². The van der Waals surface area contributed by atoms with Gasteiger partial charge in [0.05, 0.1) is 0 Å². The molecule has 0 unspecified atom stereocenters. The molecule has 0 saturated carbocycles. The zero-order valence-electron chi connectivity index (χ0n) is 33.1. The SMILES string of the molecule is c1cc(-c2ccc(N(c3ccc(-c4ccc5c(c4)oc4ccccc45)cc3)c3ccc(-c4cccc5oc6ccccc6c45)cc3)cc2)cc(-c2cccc3ccccc23)c1. The van der Waals surface area contributed by atoms with Crippen molar-refractivity contribution >= 4 is 71.7 Å². The zero-order valence-corrected chi connectivity index (χ0v) is 33.1. The van der Waals surface area contributed by atoms with E-state index in [9.17, 15) is 0 Å². The monoisotopic (exact) mass is 779 g/mol. The first-order chi connectivity index (χ1) is 30.2. The van der Waals surface area contributed by atoms with Gasteiger partial charge in [-0.3, -0.25) is 0 Å². The molecule has 3 heteroatoms. The first kappa shape index (κ1) is 34.9. The first-order valence-corrected chi connectivity index (χ1v) is 20.7. The van der Waals surface area contributed by atoms with Crippen molar-refractivity contribution < 1.29 is 8.83 Å². The number of furan rings is 2. The molecule has 0 fully saturated rings. The highest BCUT2D eigenvalue weighted by Crippen LogP contribution is 2.41. The van der Waals surface area contributed by atoms with Crippen LogP contribution in [0.2, 0.25) is 0 Å². The standard InChI is InChI=1S/C58H37NO2/c1-2-14-48-40(10-1)11-8-17-49(48)44-13-7-12-42(36-44)38-22-29-45(30-23-38)59(46-31-24-39(25-32-46)43-28-35-52-51-15-3-5-19-54(51)61-57(52)37-43)47-33-26-41(27-34-47)50-18-9-21-56-58(50)53-16-4-6-20-55(53)60-56/h1-37H. The van der Waals surface area contributed by atoms with Crippen LogP contribution in [0.15, 0.2) is 233 Å². The number of hydrogen-bond acceptors (Lipinski definition) is 3. The highest BCUT2D eigenvalue weighted by molar-refractivity contribution is 6.12. The summed E-state index contributed by atoms with van der Waals surface area (Å²) in [5, 5.41) is 7.04. The predicted octanol–water partition coefficient (Wildman–Crippen LogP) is 16.8. The molecule has 0 atom stereocenters. The molecule has 286 valence electrons. The van der Waals surface area contributed by atoms with Crippen molar-refractivity contribution in [1.82, 2.24) is 0 Å². The second-order valence-corrected chi connectivity index (χ2v) is 15.7. The number of benzene rings is 10. The van der Waals surface area contributed by atoms with Gasteiger partial charge in [-0.15, -0.1) is 0 Å². The van der Waals surface area contributed by atoms with Crippen LogP contribution in [-0.2, 0) is 0 Å². The Hall–Kier alpha value is -8.14. The third kappa shape index (κ3) is 6.06. The molecule has 3 nitrogen and oxygen atoms in total. The predicted molar refractivity (Wildman–Crippen MR) is 255 cm³/mol. The summed E-state index contributed by atoms with van der Waals surface area (Å²) in [6, 6.07) is 80.0. The van der Waals surface area contributed by atoms with E-state index in [1.54, 1.807) is 0 Å². The minimum absolute atomic E-state index is 0.895. The van der Waals surface area contributed by atoms with E-state index in [0.29, 0.717) is 0 Å². The number of fused-ring (bicyclic) bond motifs is 7. The van der Waals surface area contributed by atoms with Crippen molar-refractivity contribution in [2.45, 2.75) is 0 Å². The van der Waals surface area contributed by atoms with Crippen LogP contribution in [0.3, 0.4) is 0 Å². The maximum absolute atomic E-state index is 6.25. The summed E-state index contributed by atoms with van der Waals surface area (Å²) in [5.74, 6) is 0. The molecule has 12 aromatic rings. The van der Waals surface area contributed by atoms with Crippen molar-refractivity contribution in [2.24, 2.45) is 0 Å². The quantitative estimate of drug-likeness (QED) is 0.161. The summed E-state index contributed by atoms with van der Waals surface area (Å²) < 4.78 is 12.5. The Bertz CT molecular complexity index is 3570. The van der Waals surface area contributed by atoms with Crippen molar-refractivity contribution in [2.75, 3.05) is 4.90 Å². The van der Waals surface area contributed by atoms with E-state index in [-0.39, 0.29) is 0 Å². The summed E-state index contributed by atoms with van der Waals surface area (Å²) in [5.41, 5.74) is 16.1. The van der Waals surface area contributed by atoms with Crippen LogP contribution in [0, 0.1) is 0 Å². The van der Waals surface area contributed by atoms with Crippen molar-refractivity contribution in [1.29, 1.82) is 0 Å². The maximum Gasteiger partial charge on any atom is 0.136 e. The van der Waals surface area contributed by atoms with Gasteiger partial charge in [-0.1, -0.05) is 152 Å². The minimum Gasteiger partial charge on any atom is -0.456 e. The first-order valence-electron chi connectivity index (χ1n) is 20.7. The number of rotatable bonds is 7. The van der Waals surface area contributed by atoms with E-state index < -0.39 is 0 Å². The Kier molecular flexibility index (Phi) is 8.17. The van der Waals surface area contributed by atoms with Gasteiger partial charge in [0.25, 0.3) is 0 Å². The highest BCUT2D eigenvalue weighted by Gasteiger charge is 2.17. The Labute approximate surface area is 353 Å². The Balaban J connectivity index is 0.922. The number of anilines is 3. The van der Waals surface area contributed by atoms with E-state index in [2.05, 4.69) is 205 Å². The topological polar surface area (TPSA) is 29.5 Å².